The first-order valence-electron chi connectivity index (χ1n) is 5.93. The van der Waals surface area contributed by atoms with E-state index >= 15 is 0 Å². The Kier molecular flexibility index (Phi) is 3.59. The number of hydrogen-bond acceptors (Lipinski definition) is 3. The zero-order chi connectivity index (χ0) is 10.7. The van der Waals surface area contributed by atoms with Crippen molar-refractivity contribution in [1.29, 1.82) is 0 Å². The molecule has 0 spiro atoms. The van der Waals surface area contributed by atoms with Gasteiger partial charge < -0.3 is 15.0 Å². The van der Waals surface area contributed by atoms with E-state index in [1.807, 2.05) is 11.8 Å². The second-order valence-corrected chi connectivity index (χ2v) is 4.36. The predicted molar refractivity (Wildman–Crippen MR) is 57.6 cm³/mol. The van der Waals surface area contributed by atoms with Crippen LogP contribution in [0.5, 0.6) is 0 Å². The molecule has 15 heavy (non-hydrogen) atoms. The van der Waals surface area contributed by atoms with Crippen molar-refractivity contribution in [2.24, 2.45) is 0 Å². The largest absolute Gasteiger partial charge is 0.366 e. The van der Waals surface area contributed by atoms with E-state index in [1.165, 1.54) is 19.3 Å². The molecule has 0 aromatic heterocycles. The van der Waals surface area contributed by atoms with Gasteiger partial charge >= 0.3 is 0 Å². The Bertz CT molecular complexity index is 225. The van der Waals surface area contributed by atoms with E-state index in [2.05, 4.69) is 5.32 Å². The minimum Gasteiger partial charge on any atom is -0.366 e. The summed E-state index contributed by atoms with van der Waals surface area (Å²) in [5.74, 6) is 0.161. The smallest absolute Gasteiger partial charge is 0.248 e. The summed E-state index contributed by atoms with van der Waals surface area (Å²) in [4.78, 5) is 13.8. The van der Waals surface area contributed by atoms with Crippen LogP contribution in [0, 0.1) is 0 Å². The first-order valence-corrected chi connectivity index (χ1v) is 5.93. The summed E-state index contributed by atoms with van der Waals surface area (Å²) in [5.41, 5.74) is 0. The van der Waals surface area contributed by atoms with Crippen LogP contribution in [0.15, 0.2) is 0 Å². The number of hydrogen-bond donors (Lipinski definition) is 1. The fourth-order valence-corrected chi connectivity index (χ4v) is 1.99. The van der Waals surface area contributed by atoms with Gasteiger partial charge in [-0.3, -0.25) is 4.79 Å². The van der Waals surface area contributed by atoms with Crippen LogP contribution in [-0.4, -0.2) is 49.2 Å². The molecule has 1 amide bonds. The number of nitrogens with one attached hydrogen (secondary N) is 1. The molecule has 0 bridgehead atoms. The molecule has 1 saturated carbocycles. The topological polar surface area (TPSA) is 41.6 Å². The monoisotopic (exact) mass is 212 g/mol. The lowest BCUT2D eigenvalue weighted by molar-refractivity contribution is -0.143. The van der Waals surface area contributed by atoms with Gasteiger partial charge in [0.25, 0.3) is 0 Å². The average Bonchev–Trinajstić information content (AvgIpc) is 2.07. The fourth-order valence-electron chi connectivity index (χ4n) is 1.99. The maximum Gasteiger partial charge on any atom is 0.248 e. The Morgan fingerprint density at radius 1 is 1.47 bits per heavy atom. The SMILES string of the molecule is CCN(C(=O)COC1CNC1)C1CCC1. The molecule has 0 radical (unpaired) electrons. The van der Waals surface area contributed by atoms with Crippen LogP contribution in [-0.2, 0) is 9.53 Å². The summed E-state index contributed by atoms with van der Waals surface area (Å²) in [7, 11) is 0. The summed E-state index contributed by atoms with van der Waals surface area (Å²) < 4.78 is 5.49. The highest BCUT2D eigenvalue weighted by Crippen LogP contribution is 2.24. The van der Waals surface area contributed by atoms with Crippen molar-refractivity contribution in [2.75, 3.05) is 26.2 Å². The summed E-state index contributed by atoms with van der Waals surface area (Å²) in [6.45, 7) is 4.90. The molecule has 2 fully saturated rings. The Morgan fingerprint density at radius 2 is 2.20 bits per heavy atom. The third-order valence-corrected chi connectivity index (χ3v) is 3.36. The summed E-state index contributed by atoms with van der Waals surface area (Å²) in [5, 5.41) is 3.12. The number of ether oxygens (including phenoxy) is 1. The Morgan fingerprint density at radius 3 is 2.60 bits per heavy atom. The van der Waals surface area contributed by atoms with Gasteiger partial charge in [0, 0.05) is 25.7 Å². The molecular formula is C11H20N2O2. The van der Waals surface area contributed by atoms with E-state index in [-0.39, 0.29) is 18.6 Å². The first-order chi connectivity index (χ1) is 7.31. The molecule has 86 valence electrons. The molecule has 4 heteroatoms. The lowest BCUT2D eigenvalue weighted by atomic mass is 9.91. The minimum atomic E-state index is 0.161. The van der Waals surface area contributed by atoms with Crippen molar-refractivity contribution < 1.29 is 9.53 Å². The van der Waals surface area contributed by atoms with Gasteiger partial charge in [0.05, 0.1) is 6.10 Å². The van der Waals surface area contributed by atoms with Crippen LogP contribution < -0.4 is 5.32 Å². The van der Waals surface area contributed by atoms with Gasteiger partial charge in [-0.25, -0.2) is 0 Å². The van der Waals surface area contributed by atoms with Crippen LogP contribution in [0.4, 0.5) is 0 Å². The van der Waals surface area contributed by atoms with Crippen molar-refractivity contribution in [3.8, 4) is 0 Å². The molecule has 1 aliphatic heterocycles. The normalized spacial score (nSPS) is 21.9. The number of carbonyl (C=O) groups excluding carboxylic acids is 1. The van der Waals surface area contributed by atoms with Gasteiger partial charge in [0.2, 0.25) is 5.91 Å². The van der Waals surface area contributed by atoms with Gasteiger partial charge in [-0.15, -0.1) is 0 Å². The van der Waals surface area contributed by atoms with E-state index in [0.29, 0.717) is 6.04 Å². The first kappa shape index (κ1) is 10.9. The van der Waals surface area contributed by atoms with E-state index < -0.39 is 0 Å². The molecule has 1 saturated heterocycles. The van der Waals surface area contributed by atoms with Gasteiger partial charge in [-0.05, 0) is 26.2 Å². The summed E-state index contributed by atoms with van der Waals surface area (Å²) in [6.07, 6.45) is 3.87. The Hall–Kier alpha value is -0.610. The van der Waals surface area contributed by atoms with Crippen LogP contribution in [0.1, 0.15) is 26.2 Å². The maximum atomic E-state index is 11.8. The van der Waals surface area contributed by atoms with Gasteiger partial charge in [-0.2, -0.15) is 0 Å². The lowest BCUT2D eigenvalue weighted by Crippen LogP contribution is -2.51. The third kappa shape index (κ3) is 2.49. The molecule has 4 nitrogen and oxygen atoms in total. The van der Waals surface area contributed by atoms with Gasteiger partial charge in [0.1, 0.15) is 6.61 Å². The third-order valence-electron chi connectivity index (χ3n) is 3.36. The highest BCUT2D eigenvalue weighted by Gasteiger charge is 2.28. The fraction of sp³-hybridized carbons (Fsp3) is 0.909. The quantitative estimate of drug-likeness (QED) is 0.716. The van der Waals surface area contributed by atoms with Crippen LogP contribution in [0.3, 0.4) is 0 Å². The highest BCUT2D eigenvalue weighted by molar-refractivity contribution is 5.77. The van der Waals surface area contributed by atoms with E-state index in [9.17, 15) is 4.79 Å². The van der Waals surface area contributed by atoms with E-state index in [4.69, 9.17) is 4.74 Å². The van der Waals surface area contributed by atoms with Crippen LogP contribution in [0.25, 0.3) is 0 Å². The van der Waals surface area contributed by atoms with Crippen LogP contribution >= 0.6 is 0 Å². The molecule has 1 N–H and O–H groups in total. The number of rotatable bonds is 5. The van der Waals surface area contributed by atoms with E-state index in [0.717, 1.165) is 19.6 Å². The second kappa shape index (κ2) is 4.94. The lowest BCUT2D eigenvalue weighted by Gasteiger charge is -2.37. The van der Waals surface area contributed by atoms with Gasteiger partial charge in [-0.1, -0.05) is 0 Å². The van der Waals surface area contributed by atoms with E-state index in [1.54, 1.807) is 0 Å². The molecule has 1 aliphatic carbocycles. The van der Waals surface area contributed by atoms with Crippen molar-refractivity contribution >= 4 is 5.91 Å². The minimum absolute atomic E-state index is 0.161. The molecule has 0 aromatic carbocycles. The average molecular weight is 212 g/mol. The molecule has 2 rings (SSSR count). The number of nitrogens with zero attached hydrogens (tertiary/aromatic N) is 1. The number of carbonyl (C=O) groups is 1. The molecule has 0 unspecified atom stereocenters. The highest BCUT2D eigenvalue weighted by atomic mass is 16.5. The van der Waals surface area contributed by atoms with Crippen molar-refractivity contribution in [3.63, 3.8) is 0 Å². The maximum absolute atomic E-state index is 11.8. The van der Waals surface area contributed by atoms with Crippen molar-refractivity contribution in [3.05, 3.63) is 0 Å². The summed E-state index contributed by atoms with van der Waals surface area (Å²) >= 11 is 0. The molecule has 2 aliphatic rings. The predicted octanol–water partition coefficient (Wildman–Crippen LogP) is 0.376. The van der Waals surface area contributed by atoms with Gasteiger partial charge in [0.15, 0.2) is 0 Å². The molecular weight excluding hydrogens is 192 g/mol. The standard InChI is InChI=1S/C11H20N2O2/c1-2-13(9-4-3-5-9)11(14)8-15-10-6-12-7-10/h9-10,12H,2-8H2,1H3. The zero-order valence-electron chi connectivity index (χ0n) is 9.37. The Balaban J connectivity index is 1.71. The number of likely N-dealkylation sites (N-methyl/N-ethyl adjacent to an activating group) is 1. The van der Waals surface area contributed by atoms with Crippen molar-refractivity contribution in [1.82, 2.24) is 10.2 Å². The molecule has 1 heterocycles. The Labute approximate surface area is 91.0 Å². The van der Waals surface area contributed by atoms with Crippen molar-refractivity contribution in [2.45, 2.75) is 38.3 Å². The second-order valence-electron chi connectivity index (χ2n) is 4.36. The molecule has 0 aromatic rings. The summed E-state index contributed by atoms with van der Waals surface area (Å²) in [6, 6.07) is 0.491. The number of amides is 1. The van der Waals surface area contributed by atoms with Crippen LogP contribution in [0.2, 0.25) is 0 Å². The zero-order valence-corrected chi connectivity index (χ0v) is 9.37. The molecule has 0 atom stereocenters.